The van der Waals surface area contributed by atoms with Crippen LogP contribution >= 0.6 is 15.9 Å². The zero-order valence-corrected chi connectivity index (χ0v) is 11.3. The van der Waals surface area contributed by atoms with Crippen LogP contribution in [0.15, 0.2) is 30.3 Å². The van der Waals surface area contributed by atoms with Crippen LogP contribution in [0.1, 0.15) is 20.8 Å². The summed E-state index contributed by atoms with van der Waals surface area (Å²) in [5.41, 5.74) is 0.276. The Morgan fingerprint density at radius 1 is 1.20 bits per heavy atom. The first-order chi connectivity index (χ1) is 7.04. The average molecular weight is 271 g/mol. The fourth-order valence-corrected chi connectivity index (χ4v) is 2.40. The van der Waals surface area contributed by atoms with Gasteiger partial charge in [-0.05, 0) is 17.5 Å². The lowest BCUT2D eigenvalue weighted by Gasteiger charge is -2.28. The second-order valence-corrected chi connectivity index (χ2v) is 5.49. The van der Waals surface area contributed by atoms with Crippen LogP contribution in [-0.4, -0.2) is 11.9 Å². The first-order valence-electron chi connectivity index (χ1n) is 5.28. The number of ether oxygens (including phenoxy) is 1. The largest absolute Gasteiger partial charge is 0.493 e. The van der Waals surface area contributed by atoms with Crippen LogP contribution in [0.3, 0.4) is 0 Å². The maximum atomic E-state index is 5.76. The van der Waals surface area contributed by atoms with Crippen molar-refractivity contribution in [1.82, 2.24) is 0 Å². The highest BCUT2D eigenvalue weighted by Crippen LogP contribution is 2.28. The summed E-state index contributed by atoms with van der Waals surface area (Å²) >= 11 is 3.55. The Morgan fingerprint density at radius 2 is 1.80 bits per heavy atom. The van der Waals surface area contributed by atoms with Crippen molar-refractivity contribution in [3.8, 4) is 5.75 Å². The fourth-order valence-electron chi connectivity index (χ4n) is 1.24. The molecule has 0 N–H and O–H groups in total. The second-order valence-electron chi connectivity index (χ2n) is 4.84. The monoisotopic (exact) mass is 270 g/mol. The third-order valence-electron chi connectivity index (χ3n) is 2.61. The van der Waals surface area contributed by atoms with E-state index in [0.29, 0.717) is 5.92 Å². The molecule has 0 aromatic heterocycles. The molecule has 0 aliphatic heterocycles. The van der Waals surface area contributed by atoms with Crippen LogP contribution in [0.2, 0.25) is 0 Å². The zero-order valence-electron chi connectivity index (χ0n) is 9.66. The molecule has 15 heavy (non-hydrogen) atoms. The summed E-state index contributed by atoms with van der Waals surface area (Å²) in [6, 6.07) is 9.98. The molecule has 1 rings (SSSR count). The maximum Gasteiger partial charge on any atom is 0.119 e. The third kappa shape index (κ3) is 4.25. The molecule has 1 unspecified atom stereocenters. The van der Waals surface area contributed by atoms with E-state index >= 15 is 0 Å². The van der Waals surface area contributed by atoms with Crippen LogP contribution in [-0.2, 0) is 0 Å². The Labute approximate surface area is 101 Å². The molecule has 1 aromatic rings. The Balaban J connectivity index is 2.49. The zero-order chi connectivity index (χ0) is 11.3. The van der Waals surface area contributed by atoms with Crippen molar-refractivity contribution in [2.45, 2.75) is 20.8 Å². The molecule has 0 aliphatic rings. The molecule has 0 radical (unpaired) electrons. The number of hydrogen-bond acceptors (Lipinski definition) is 1. The van der Waals surface area contributed by atoms with Gasteiger partial charge in [-0.25, -0.2) is 0 Å². The molecule has 0 fully saturated rings. The molecule has 0 heterocycles. The maximum absolute atomic E-state index is 5.76. The minimum atomic E-state index is 0.276. The summed E-state index contributed by atoms with van der Waals surface area (Å²) in [5, 5.41) is 0.976. The molecular formula is C13H19BrO. The molecule has 1 nitrogen and oxygen atoms in total. The Kier molecular flexibility index (Phi) is 4.65. The summed E-state index contributed by atoms with van der Waals surface area (Å²) in [4.78, 5) is 0. The molecule has 2 heteroatoms. The van der Waals surface area contributed by atoms with Crippen molar-refractivity contribution in [2.24, 2.45) is 11.3 Å². The van der Waals surface area contributed by atoms with Crippen molar-refractivity contribution in [2.75, 3.05) is 11.9 Å². The highest BCUT2D eigenvalue weighted by atomic mass is 79.9. The van der Waals surface area contributed by atoms with Crippen LogP contribution in [0.5, 0.6) is 5.75 Å². The minimum absolute atomic E-state index is 0.276. The molecule has 0 saturated carbocycles. The topological polar surface area (TPSA) is 9.23 Å². The van der Waals surface area contributed by atoms with Gasteiger partial charge in [0.25, 0.3) is 0 Å². The van der Waals surface area contributed by atoms with E-state index < -0.39 is 0 Å². The van der Waals surface area contributed by atoms with E-state index in [0.717, 1.165) is 17.7 Å². The van der Waals surface area contributed by atoms with E-state index in [1.165, 1.54) is 0 Å². The van der Waals surface area contributed by atoms with Gasteiger partial charge < -0.3 is 4.74 Å². The van der Waals surface area contributed by atoms with Crippen molar-refractivity contribution >= 4 is 15.9 Å². The number of halogens is 1. The van der Waals surface area contributed by atoms with E-state index in [9.17, 15) is 0 Å². The van der Waals surface area contributed by atoms with Crippen LogP contribution < -0.4 is 4.74 Å². The molecule has 0 saturated heterocycles. The summed E-state index contributed by atoms with van der Waals surface area (Å²) in [6.07, 6.45) is 0. The van der Waals surface area contributed by atoms with Crippen LogP contribution in [0.4, 0.5) is 0 Å². The highest BCUT2D eigenvalue weighted by Gasteiger charge is 2.24. The number of rotatable bonds is 4. The van der Waals surface area contributed by atoms with Gasteiger partial charge in [0.1, 0.15) is 5.75 Å². The van der Waals surface area contributed by atoms with Crippen molar-refractivity contribution in [3.05, 3.63) is 30.3 Å². The average Bonchev–Trinajstić information content (AvgIpc) is 2.18. The van der Waals surface area contributed by atoms with Gasteiger partial charge in [-0.2, -0.15) is 0 Å². The van der Waals surface area contributed by atoms with Gasteiger partial charge in [0.2, 0.25) is 0 Å². The summed E-state index contributed by atoms with van der Waals surface area (Å²) in [7, 11) is 0. The van der Waals surface area contributed by atoms with Gasteiger partial charge in [-0.15, -0.1) is 0 Å². The Morgan fingerprint density at radius 3 is 2.27 bits per heavy atom. The van der Waals surface area contributed by atoms with E-state index in [4.69, 9.17) is 4.74 Å². The van der Waals surface area contributed by atoms with Gasteiger partial charge in [0, 0.05) is 11.2 Å². The SMILES string of the molecule is CC(C)(C)C(CBr)COc1ccccc1. The normalized spacial score (nSPS) is 13.6. The lowest BCUT2D eigenvalue weighted by molar-refractivity contribution is 0.166. The van der Waals surface area contributed by atoms with Gasteiger partial charge in [-0.1, -0.05) is 54.9 Å². The molecule has 1 atom stereocenters. The summed E-state index contributed by atoms with van der Waals surface area (Å²) in [6.45, 7) is 7.49. The predicted molar refractivity (Wildman–Crippen MR) is 68.7 cm³/mol. The van der Waals surface area contributed by atoms with Crippen molar-refractivity contribution < 1.29 is 4.74 Å². The number of hydrogen-bond donors (Lipinski definition) is 0. The number of benzene rings is 1. The summed E-state index contributed by atoms with van der Waals surface area (Å²) in [5.74, 6) is 1.48. The standard InChI is InChI=1S/C13H19BrO/c1-13(2,3)11(9-14)10-15-12-7-5-4-6-8-12/h4-8,11H,9-10H2,1-3H3. The Hall–Kier alpha value is -0.500. The molecular weight excluding hydrogens is 252 g/mol. The fraction of sp³-hybridized carbons (Fsp3) is 0.538. The quantitative estimate of drug-likeness (QED) is 0.748. The lowest BCUT2D eigenvalue weighted by Crippen LogP contribution is -2.27. The van der Waals surface area contributed by atoms with Gasteiger partial charge in [-0.3, -0.25) is 0 Å². The minimum Gasteiger partial charge on any atom is -0.493 e. The van der Waals surface area contributed by atoms with Gasteiger partial charge in [0.05, 0.1) is 6.61 Å². The molecule has 84 valence electrons. The van der Waals surface area contributed by atoms with Crippen molar-refractivity contribution in [3.63, 3.8) is 0 Å². The lowest BCUT2D eigenvalue weighted by atomic mass is 9.83. The van der Waals surface area contributed by atoms with Crippen LogP contribution in [0.25, 0.3) is 0 Å². The molecule has 0 amide bonds. The first-order valence-corrected chi connectivity index (χ1v) is 6.40. The number of para-hydroxylation sites is 1. The second kappa shape index (κ2) is 5.55. The summed E-state index contributed by atoms with van der Waals surface area (Å²) < 4.78 is 5.76. The smallest absolute Gasteiger partial charge is 0.119 e. The van der Waals surface area contributed by atoms with Crippen LogP contribution in [0, 0.1) is 11.3 Å². The van der Waals surface area contributed by atoms with Crippen molar-refractivity contribution in [1.29, 1.82) is 0 Å². The van der Waals surface area contributed by atoms with Gasteiger partial charge >= 0.3 is 0 Å². The highest BCUT2D eigenvalue weighted by molar-refractivity contribution is 9.09. The van der Waals surface area contributed by atoms with E-state index in [-0.39, 0.29) is 5.41 Å². The first kappa shape index (κ1) is 12.6. The van der Waals surface area contributed by atoms with E-state index in [1.807, 2.05) is 30.3 Å². The third-order valence-corrected chi connectivity index (χ3v) is 3.39. The number of alkyl halides is 1. The molecule has 0 spiro atoms. The predicted octanol–water partition coefficient (Wildman–Crippen LogP) is 4.12. The molecule has 0 bridgehead atoms. The molecule has 0 aliphatic carbocycles. The Bertz CT molecular complexity index is 276. The van der Waals surface area contributed by atoms with E-state index in [1.54, 1.807) is 0 Å². The van der Waals surface area contributed by atoms with E-state index in [2.05, 4.69) is 36.7 Å². The van der Waals surface area contributed by atoms with Gasteiger partial charge in [0.15, 0.2) is 0 Å². The molecule has 1 aromatic carbocycles.